The third-order valence-electron chi connectivity index (χ3n) is 2.21. The van der Waals surface area contributed by atoms with E-state index in [-0.39, 0.29) is 11.9 Å². The van der Waals surface area contributed by atoms with Crippen LogP contribution >= 0.6 is 45.2 Å². The number of rotatable bonds is 1. The predicted molar refractivity (Wildman–Crippen MR) is 77.4 cm³/mol. The number of anilines is 1. The molecule has 3 amide bonds. The molecule has 6 heteroatoms. The van der Waals surface area contributed by atoms with Gasteiger partial charge in [0.15, 0.2) is 0 Å². The van der Waals surface area contributed by atoms with Gasteiger partial charge < -0.3 is 0 Å². The van der Waals surface area contributed by atoms with Crippen molar-refractivity contribution in [2.24, 2.45) is 0 Å². The number of benzene rings is 1. The third kappa shape index (κ3) is 2.65. The van der Waals surface area contributed by atoms with Crippen LogP contribution in [0.15, 0.2) is 18.2 Å². The van der Waals surface area contributed by atoms with Gasteiger partial charge in [0, 0.05) is 25.8 Å². The zero-order valence-corrected chi connectivity index (χ0v) is 12.5. The van der Waals surface area contributed by atoms with Crippen LogP contribution in [0.1, 0.15) is 6.42 Å². The molecule has 1 aromatic carbocycles. The zero-order chi connectivity index (χ0) is 11.7. The summed E-state index contributed by atoms with van der Waals surface area (Å²) in [7, 11) is 0. The van der Waals surface area contributed by atoms with Crippen LogP contribution in [0.5, 0.6) is 0 Å². The molecule has 0 saturated carbocycles. The molecular weight excluding hydrogens is 434 g/mol. The minimum absolute atomic E-state index is 0.207. The van der Waals surface area contributed by atoms with E-state index < -0.39 is 0 Å². The normalized spacial score (nSPS) is 16.2. The van der Waals surface area contributed by atoms with Crippen molar-refractivity contribution in [1.82, 2.24) is 5.32 Å². The third-order valence-corrected chi connectivity index (χ3v) is 3.46. The van der Waals surface area contributed by atoms with E-state index in [0.29, 0.717) is 13.0 Å². The molecule has 1 saturated heterocycles. The summed E-state index contributed by atoms with van der Waals surface area (Å²) in [5.41, 5.74) is 0.835. The first kappa shape index (κ1) is 12.1. The van der Waals surface area contributed by atoms with Crippen molar-refractivity contribution >= 4 is 62.8 Å². The summed E-state index contributed by atoms with van der Waals surface area (Å²) >= 11 is 4.42. The molecule has 1 aromatic rings. The standard InChI is InChI=1S/C10H8I2N2O2/c11-6-3-7(12)5-8(4-6)14-2-1-9(15)13-10(14)16/h3-5H,1-2H2,(H,13,15,16). The summed E-state index contributed by atoms with van der Waals surface area (Å²) < 4.78 is 2.15. The Hall–Kier alpha value is -0.380. The molecule has 84 valence electrons. The van der Waals surface area contributed by atoms with E-state index in [0.717, 1.165) is 12.8 Å². The Morgan fingerprint density at radius 2 is 1.75 bits per heavy atom. The van der Waals surface area contributed by atoms with Crippen molar-refractivity contribution in [3.8, 4) is 0 Å². The Balaban J connectivity index is 2.30. The summed E-state index contributed by atoms with van der Waals surface area (Å²) in [5.74, 6) is -0.207. The Kier molecular flexibility index (Phi) is 3.67. The highest BCUT2D eigenvalue weighted by Gasteiger charge is 2.24. The van der Waals surface area contributed by atoms with Crippen LogP contribution in [0.4, 0.5) is 10.5 Å². The highest BCUT2D eigenvalue weighted by Crippen LogP contribution is 2.23. The Bertz CT molecular complexity index is 442. The maximum atomic E-state index is 11.6. The van der Waals surface area contributed by atoms with E-state index in [1.165, 1.54) is 0 Å². The van der Waals surface area contributed by atoms with E-state index in [9.17, 15) is 9.59 Å². The Morgan fingerprint density at radius 1 is 1.12 bits per heavy atom. The fourth-order valence-corrected chi connectivity index (χ4v) is 3.41. The van der Waals surface area contributed by atoms with Crippen LogP contribution in [0.2, 0.25) is 0 Å². The highest BCUT2D eigenvalue weighted by atomic mass is 127. The second-order valence-electron chi connectivity index (χ2n) is 3.38. The lowest BCUT2D eigenvalue weighted by Gasteiger charge is -2.26. The number of nitrogens with one attached hydrogen (secondary N) is 1. The molecule has 1 heterocycles. The van der Waals surface area contributed by atoms with Crippen LogP contribution in [0, 0.1) is 7.14 Å². The van der Waals surface area contributed by atoms with Crippen LogP contribution in [-0.2, 0) is 4.79 Å². The molecule has 0 atom stereocenters. The summed E-state index contributed by atoms with van der Waals surface area (Å²) in [6, 6.07) is 5.54. The van der Waals surface area contributed by atoms with Crippen LogP contribution < -0.4 is 10.2 Å². The second kappa shape index (κ2) is 4.86. The maximum Gasteiger partial charge on any atom is 0.328 e. The largest absolute Gasteiger partial charge is 0.328 e. The quantitative estimate of drug-likeness (QED) is 0.680. The molecule has 1 fully saturated rings. The average Bonchev–Trinajstić information content (AvgIpc) is 2.15. The average molecular weight is 442 g/mol. The number of urea groups is 1. The first-order valence-corrected chi connectivity index (χ1v) is 6.79. The van der Waals surface area contributed by atoms with Crippen molar-refractivity contribution in [1.29, 1.82) is 0 Å². The fourth-order valence-electron chi connectivity index (χ4n) is 1.51. The fraction of sp³-hybridized carbons (Fsp3) is 0.200. The SMILES string of the molecule is O=C1CCN(c2cc(I)cc(I)c2)C(=O)N1. The molecule has 0 aromatic heterocycles. The molecule has 2 rings (SSSR count). The number of nitrogens with zero attached hydrogens (tertiary/aromatic N) is 1. The van der Waals surface area contributed by atoms with Gasteiger partial charge in [0.05, 0.1) is 0 Å². The molecule has 0 bridgehead atoms. The monoisotopic (exact) mass is 442 g/mol. The molecule has 1 N–H and O–H groups in total. The summed E-state index contributed by atoms with van der Waals surface area (Å²) in [6.45, 7) is 0.445. The van der Waals surface area contributed by atoms with Crippen molar-refractivity contribution in [2.45, 2.75) is 6.42 Å². The van der Waals surface area contributed by atoms with E-state index >= 15 is 0 Å². The smallest absolute Gasteiger partial charge is 0.294 e. The van der Waals surface area contributed by atoms with Gasteiger partial charge in [0.1, 0.15) is 0 Å². The number of carbonyl (C=O) groups excluding carboxylic acids is 2. The van der Waals surface area contributed by atoms with Crippen molar-refractivity contribution in [2.75, 3.05) is 11.4 Å². The molecule has 1 aliphatic rings. The molecule has 1 aliphatic heterocycles. The number of carbonyl (C=O) groups is 2. The molecule has 0 radical (unpaired) electrons. The van der Waals surface area contributed by atoms with E-state index in [4.69, 9.17) is 0 Å². The predicted octanol–water partition coefficient (Wildman–Crippen LogP) is 2.34. The van der Waals surface area contributed by atoms with E-state index in [1.807, 2.05) is 18.2 Å². The highest BCUT2D eigenvalue weighted by molar-refractivity contribution is 14.1. The topological polar surface area (TPSA) is 49.4 Å². The van der Waals surface area contributed by atoms with Crippen LogP contribution in [0.25, 0.3) is 0 Å². The van der Waals surface area contributed by atoms with E-state index in [1.54, 1.807) is 4.90 Å². The van der Waals surface area contributed by atoms with Crippen LogP contribution in [-0.4, -0.2) is 18.5 Å². The summed E-state index contributed by atoms with van der Waals surface area (Å²) in [5, 5.41) is 2.31. The molecule has 0 aliphatic carbocycles. The van der Waals surface area contributed by atoms with Gasteiger partial charge in [0.2, 0.25) is 5.91 Å². The minimum atomic E-state index is -0.339. The lowest BCUT2D eigenvalue weighted by Crippen LogP contribution is -2.49. The number of amides is 3. The van der Waals surface area contributed by atoms with Gasteiger partial charge in [-0.1, -0.05) is 0 Å². The maximum absolute atomic E-state index is 11.6. The van der Waals surface area contributed by atoms with Gasteiger partial charge >= 0.3 is 6.03 Å². The molecule has 4 nitrogen and oxygen atoms in total. The van der Waals surface area contributed by atoms with E-state index in [2.05, 4.69) is 50.5 Å². The summed E-state index contributed by atoms with van der Waals surface area (Å²) in [4.78, 5) is 24.2. The Morgan fingerprint density at radius 3 is 2.31 bits per heavy atom. The van der Waals surface area contributed by atoms with Gasteiger partial charge in [-0.2, -0.15) is 0 Å². The second-order valence-corrected chi connectivity index (χ2v) is 5.87. The van der Waals surface area contributed by atoms with Crippen LogP contribution in [0.3, 0.4) is 0 Å². The molecule has 0 spiro atoms. The van der Waals surface area contributed by atoms with Gasteiger partial charge in [-0.25, -0.2) is 4.79 Å². The number of hydrogen-bond donors (Lipinski definition) is 1. The molecular formula is C10H8I2N2O2. The summed E-state index contributed by atoms with van der Waals surface area (Å²) in [6.07, 6.45) is 0.355. The van der Waals surface area contributed by atoms with Crippen molar-refractivity contribution < 1.29 is 9.59 Å². The lowest BCUT2D eigenvalue weighted by atomic mass is 10.2. The Labute approximate surface area is 120 Å². The van der Waals surface area contributed by atoms with Crippen molar-refractivity contribution in [3.05, 3.63) is 25.3 Å². The minimum Gasteiger partial charge on any atom is -0.294 e. The van der Waals surface area contributed by atoms with Gasteiger partial charge in [-0.15, -0.1) is 0 Å². The van der Waals surface area contributed by atoms with Crippen molar-refractivity contribution in [3.63, 3.8) is 0 Å². The number of imide groups is 1. The first-order chi connectivity index (χ1) is 7.56. The lowest BCUT2D eigenvalue weighted by molar-refractivity contribution is -0.120. The van der Waals surface area contributed by atoms with Gasteiger partial charge in [0.25, 0.3) is 0 Å². The van der Waals surface area contributed by atoms with Gasteiger partial charge in [-0.3, -0.25) is 15.0 Å². The molecule has 0 unspecified atom stereocenters. The zero-order valence-electron chi connectivity index (χ0n) is 8.17. The first-order valence-electron chi connectivity index (χ1n) is 4.64. The van der Waals surface area contributed by atoms with Gasteiger partial charge in [-0.05, 0) is 63.4 Å². The number of hydrogen-bond acceptors (Lipinski definition) is 2. The number of halogens is 2. The molecule has 16 heavy (non-hydrogen) atoms.